The number of carboxylic acids is 2. The average molecular weight is 290 g/mol. The summed E-state index contributed by atoms with van der Waals surface area (Å²) in [7, 11) is 0. The van der Waals surface area contributed by atoms with E-state index < -0.39 is 30.4 Å². The summed E-state index contributed by atoms with van der Waals surface area (Å²) in [6.07, 6.45) is 1.99. The monoisotopic (exact) mass is 290 g/mol. The lowest BCUT2D eigenvalue weighted by atomic mass is 10.2. The molecule has 0 aromatic heterocycles. The summed E-state index contributed by atoms with van der Waals surface area (Å²) in [6.45, 7) is 3.59. The highest BCUT2D eigenvalue weighted by Gasteiger charge is 2.22. The number of amides is 2. The first kappa shape index (κ1) is 18.2. The summed E-state index contributed by atoms with van der Waals surface area (Å²) >= 11 is 0. The Kier molecular flexibility index (Phi) is 10.0. The fourth-order valence-corrected chi connectivity index (χ4v) is 1.31. The van der Waals surface area contributed by atoms with Crippen molar-refractivity contribution in [3.8, 4) is 0 Å². The predicted molar refractivity (Wildman–Crippen MR) is 70.6 cm³/mol. The van der Waals surface area contributed by atoms with Crippen LogP contribution in [0.3, 0.4) is 0 Å². The van der Waals surface area contributed by atoms with Gasteiger partial charge in [-0.3, -0.25) is 4.79 Å². The van der Waals surface area contributed by atoms with Crippen LogP contribution in [0.2, 0.25) is 0 Å². The number of nitrogens with one attached hydrogen (secondary N) is 2. The van der Waals surface area contributed by atoms with Gasteiger partial charge in [-0.2, -0.15) is 0 Å². The molecule has 0 aromatic rings. The fourth-order valence-electron chi connectivity index (χ4n) is 1.31. The second-order valence-corrected chi connectivity index (χ2v) is 4.21. The molecule has 8 heteroatoms. The smallest absolute Gasteiger partial charge is 0.326 e. The maximum atomic E-state index is 11.4. The molecule has 0 saturated heterocycles. The number of carboxylic acid groups (broad SMARTS) is 2. The van der Waals surface area contributed by atoms with Crippen molar-refractivity contribution < 1.29 is 29.3 Å². The minimum atomic E-state index is -1.44. The number of aliphatic carboxylic acids is 2. The van der Waals surface area contributed by atoms with Crippen molar-refractivity contribution in [3.63, 3.8) is 0 Å². The highest BCUT2D eigenvalue weighted by Crippen LogP contribution is 1.93. The molecule has 0 bridgehead atoms. The van der Waals surface area contributed by atoms with Crippen molar-refractivity contribution in [2.45, 2.75) is 38.6 Å². The lowest BCUT2D eigenvalue weighted by Gasteiger charge is -2.13. The van der Waals surface area contributed by atoms with Crippen LogP contribution in [-0.4, -0.2) is 54.0 Å². The summed E-state index contributed by atoms with van der Waals surface area (Å²) in [5.41, 5.74) is 0. The first-order valence-electron chi connectivity index (χ1n) is 6.54. The molecule has 0 aliphatic carbocycles. The predicted octanol–water partition coefficient (Wildman–Crippen LogP) is 0.420. The molecule has 0 fully saturated rings. The van der Waals surface area contributed by atoms with Gasteiger partial charge in [-0.15, -0.1) is 0 Å². The number of hydrogen-bond donors (Lipinski definition) is 4. The van der Waals surface area contributed by atoms with Gasteiger partial charge < -0.3 is 25.6 Å². The lowest BCUT2D eigenvalue weighted by Crippen LogP contribution is -2.47. The van der Waals surface area contributed by atoms with Crippen LogP contribution in [0.5, 0.6) is 0 Å². The first-order valence-corrected chi connectivity index (χ1v) is 6.54. The zero-order chi connectivity index (χ0) is 15.4. The number of urea groups is 1. The Bertz CT molecular complexity index is 321. The summed E-state index contributed by atoms with van der Waals surface area (Å²) in [4.78, 5) is 32.5. The zero-order valence-corrected chi connectivity index (χ0v) is 11.6. The van der Waals surface area contributed by atoms with Gasteiger partial charge >= 0.3 is 18.0 Å². The molecule has 0 radical (unpaired) electrons. The number of hydrogen-bond acceptors (Lipinski definition) is 4. The van der Waals surface area contributed by atoms with Crippen molar-refractivity contribution in [2.75, 3.05) is 19.8 Å². The summed E-state index contributed by atoms with van der Waals surface area (Å²) in [5.74, 6) is -2.67. The van der Waals surface area contributed by atoms with E-state index in [0.717, 1.165) is 12.8 Å². The largest absolute Gasteiger partial charge is 0.481 e. The number of unbranched alkanes of at least 4 members (excludes halogenated alkanes) is 1. The van der Waals surface area contributed by atoms with Crippen molar-refractivity contribution in [3.05, 3.63) is 0 Å². The van der Waals surface area contributed by atoms with E-state index >= 15 is 0 Å². The minimum Gasteiger partial charge on any atom is -0.481 e. The molecule has 20 heavy (non-hydrogen) atoms. The third kappa shape index (κ3) is 10.1. The highest BCUT2D eigenvalue weighted by atomic mass is 16.5. The fraction of sp³-hybridized carbons (Fsp3) is 0.750. The average Bonchev–Trinajstić information content (AvgIpc) is 2.36. The summed E-state index contributed by atoms with van der Waals surface area (Å²) in [5, 5.41) is 21.8. The topological polar surface area (TPSA) is 125 Å². The summed E-state index contributed by atoms with van der Waals surface area (Å²) < 4.78 is 5.28. The van der Waals surface area contributed by atoms with E-state index in [0.29, 0.717) is 26.2 Å². The number of carbonyl (C=O) groups is 3. The van der Waals surface area contributed by atoms with Crippen LogP contribution in [-0.2, 0) is 14.3 Å². The van der Waals surface area contributed by atoms with Gasteiger partial charge in [0, 0.05) is 19.8 Å². The maximum absolute atomic E-state index is 11.4. The van der Waals surface area contributed by atoms with Gasteiger partial charge in [0.2, 0.25) is 0 Å². The molecule has 0 heterocycles. The molecular weight excluding hydrogens is 268 g/mol. The van der Waals surface area contributed by atoms with Crippen LogP contribution in [0, 0.1) is 0 Å². The molecule has 8 nitrogen and oxygen atoms in total. The second kappa shape index (κ2) is 11.0. The molecule has 4 N–H and O–H groups in total. The highest BCUT2D eigenvalue weighted by molar-refractivity contribution is 5.86. The Labute approximate surface area is 117 Å². The molecule has 0 aliphatic heterocycles. The summed E-state index contributed by atoms with van der Waals surface area (Å²) in [6, 6.07) is -2.14. The molecule has 2 amide bonds. The molecule has 116 valence electrons. The molecule has 0 saturated carbocycles. The third-order valence-electron chi connectivity index (χ3n) is 2.38. The lowest BCUT2D eigenvalue weighted by molar-refractivity contribution is -0.145. The van der Waals surface area contributed by atoms with Crippen LogP contribution >= 0.6 is 0 Å². The van der Waals surface area contributed by atoms with Crippen molar-refractivity contribution in [2.24, 2.45) is 0 Å². The van der Waals surface area contributed by atoms with E-state index in [1.54, 1.807) is 0 Å². The minimum absolute atomic E-state index is 0.331. The molecule has 0 spiro atoms. The molecular formula is C12H22N2O6. The van der Waals surface area contributed by atoms with Crippen molar-refractivity contribution in [1.82, 2.24) is 10.6 Å². The van der Waals surface area contributed by atoms with Crippen molar-refractivity contribution in [1.29, 1.82) is 0 Å². The van der Waals surface area contributed by atoms with Crippen LogP contribution in [0.15, 0.2) is 0 Å². The van der Waals surface area contributed by atoms with Crippen LogP contribution < -0.4 is 10.6 Å². The van der Waals surface area contributed by atoms with E-state index in [-0.39, 0.29) is 0 Å². The molecule has 1 atom stereocenters. The van der Waals surface area contributed by atoms with Gasteiger partial charge in [0.1, 0.15) is 6.04 Å². The molecule has 0 aromatic carbocycles. The Morgan fingerprint density at radius 2 is 1.80 bits per heavy atom. The normalized spacial score (nSPS) is 11.7. The zero-order valence-electron chi connectivity index (χ0n) is 11.6. The second-order valence-electron chi connectivity index (χ2n) is 4.21. The number of carbonyl (C=O) groups excluding carboxylic acids is 1. The van der Waals surface area contributed by atoms with Gasteiger partial charge in [-0.05, 0) is 12.8 Å². The van der Waals surface area contributed by atoms with E-state index in [4.69, 9.17) is 14.9 Å². The van der Waals surface area contributed by atoms with Crippen molar-refractivity contribution >= 4 is 18.0 Å². The van der Waals surface area contributed by atoms with Gasteiger partial charge in [0.25, 0.3) is 0 Å². The van der Waals surface area contributed by atoms with Crippen LogP contribution in [0.4, 0.5) is 4.79 Å². The van der Waals surface area contributed by atoms with Gasteiger partial charge in [0.05, 0.1) is 6.42 Å². The maximum Gasteiger partial charge on any atom is 0.326 e. The Morgan fingerprint density at radius 1 is 1.15 bits per heavy atom. The van der Waals surface area contributed by atoms with Crippen LogP contribution in [0.25, 0.3) is 0 Å². The number of rotatable bonds is 11. The molecule has 0 aliphatic rings. The third-order valence-corrected chi connectivity index (χ3v) is 2.38. The first-order chi connectivity index (χ1) is 9.47. The SMILES string of the molecule is CCCCOCCCNC(=O)NC(CC(=O)O)C(=O)O. The number of ether oxygens (including phenoxy) is 1. The van der Waals surface area contributed by atoms with E-state index in [1.165, 1.54) is 0 Å². The van der Waals surface area contributed by atoms with Gasteiger partial charge in [0.15, 0.2) is 0 Å². The Balaban J connectivity index is 3.75. The standard InChI is InChI=1S/C12H22N2O6/c1-2-3-6-20-7-4-5-13-12(19)14-9(11(17)18)8-10(15)16/h9H,2-8H2,1H3,(H,15,16)(H,17,18)(H2,13,14,19). The van der Waals surface area contributed by atoms with E-state index in [1.807, 2.05) is 0 Å². The van der Waals surface area contributed by atoms with E-state index in [2.05, 4.69) is 17.6 Å². The van der Waals surface area contributed by atoms with E-state index in [9.17, 15) is 14.4 Å². The molecule has 0 rings (SSSR count). The quantitative estimate of drug-likeness (QED) is 0.409. The van der Waals surface area contributed by atoms with Gasteiger partial charge in [-0.1, -0.05) is 13.3 Å². The Morgan fingerprint density at radius 3 is 2.35 bits per heavy atom. The molecule has 1 unspecified atom stereocenters. The Hall–Kier alpha value is -1.83. The van der Waals surface area contributed by atoms with Gasteiger partial charge in [-0.25, -0.2) is 9.59 Å². The van der Waals surface area contributed by atoms with Crippen LogP contribution in [0.1, 0.15) is 32.6 Å².